The minimum absolute atomic E-state index is 0.0722. The van der Waals surface area contributed by atoms with E-state index in [1.54, 1.807) is 4.90 Å². The summed E-state index contributed by atoms with van der Waals surface area (Å²) in [7, 11) is 0. The minimum atomic E-state index is -0.501. The molecule has 0 radical (unpaired) electrons. The van der Waals surface area contributed by atoms with Gasteiger partial charge in [-0.15, -0.1) is 10.2 Å². The number of carbonyl (C=O) groups excluding carboxylic acids is 1. The maximum absolute atomic E-state index is 12.4. The van der Waals surface area contributed by atoms with Crippen molar-refractivity contribution in [2.75, 3.05) is 19.6 Å². The molecule has 0 aliphatic rings. The molecule has 0 unspecified atom stereocenters. The van der Waals surface area contributed by atoms with Crippen LogP contribution in [0.15, 0.2) is 29.4 Å². The summed E-state index contributed by atoms with van der Waals surface area (Å²) in [6.45, 7) is 14.1. The van der Waals surface area contributed by atoms with E-state index in [0.29, 0.717) is 25.6 Å². The molecule has 0 bridgehead atoms. The smallest absolute Gasteiger partial charge is 0.410 e. The normalized spacial score (nSPS) is 12.3. The van der Waals surface area contributed by atoms with Crippen LogP contribution in [0.5, 0.6) is 0 Å². The fourth-order valence-electron chi connectivity index (χ4n) is 2.83. The first kappa shape index (κ1) is 23.4. The predicted molar refractivity (Wildman–Crippen MR) is 118 cm³/mol. The molecule has 0 spiro atoms. The number of aromatic nitrogens is 3. The van der Waals surface area contributed by atoms with Crippen molar-refractivity contribution in [1.82, 2.24) is 30.1 Å². The number of aliphatic imine (C=N–C) groups is 1. The molecule has 0 aromatic carbocycles. The maximum atomic E-state index is 12.4. The van der Waals surface area contributed by atoms with Crippen molar-refractivity contribution in [3.63, 3.8) is 0 Å². The molecule has 2 aromatic rings. The Morgan fingerprint density at radius 2 is 2.03 bits per heavy atom. The number of hydrogen-bond donors (Lipinski definition) is 2. The number of rotatable bonds is 8. The van der Waals surface area contributed by atoms with Crippen molar-refractivity contribution in [1.29, 1.82) is 0 Å². The summed E-state index contributed by atoms with van der Waals surface area (Å²) >= 11 is 0. The van der Waals surface area contributed by atoms with E-state index in [0.717, 1.165) is 24.4 Å². The van der Waals surface area contributed by atoms with Crippen LogP contribution < -0.4 is 10.6 Å². The quantitative estimate of drug-likeness (QED) is 0.390. The molecule has 0 aliphatic heterocycles. The van der Waals surface area contributed by atoms with Gasteiger partial charge in [-0.2, -0.15) is 0 Å². The molecule has 0 aliphatic carbocycles. The molecule has 2 aromatic heterocycles. The Bertz CT molecular complexity index is 839. The van der Waals surface area contributed by atoms with Crippen LogP contribution in [0.2, 0.25) is 0 Å². The van der Waals surface area contributed by atoms with Gasteiger partial charge in [-0.1, -0.05) is 6.07 Å². The first-order valence-electron chi connectivity index (χ1n) is 10.5. The summed E-state index contributed by atoms with van der Waals surface area (Å²) in [6, 6.07) is 5.86. The highest BCUT2D eigenvalue weighted by molar-refractivity contribution is 5.79. The van der Waals surface area contributed by atoms with Crippen molar-refractivity contribution < 1.29 is 9.53 Å². The molecular formula is C21H35N7O2. The zero-order valence-corrected chi connectivity index (χ0v) is 19.0. The number of amides is 1. The van der Waals surface area contributed by atoms with Gasteiger partial charge < -0.3 is 20.3 Å². The van der Waals surface area contributed by atoms with E-state index in [-0.39, 0.29) is 12.1 Å². The van der Waals surface area contributed by atoms with Crippen molar-refractivity contribution in [3.8, 4) is 0 Å². The molecule has 9 heteroatoms. The summed E-state index contributed by atoms with van der Waals surface area (Å²) < 4.78 is 7.43. The van der Waals surface area contributed by atoms with Crippen LogP contribution in [-0.2, 0) is 11.3 Å². The molecule has 0 fully saturated rings. The molecule has 2 rings (SSSR count). The van der Waals surface area contributed by atoms with Gasteiger partial charge in [0.25, 0.3) is 0 Å². The second-order valence-corrected chi connectivity index (χ2v) is 8.29. The fraction of sp³-hybridized carbons (Fsp3) is 0.619. The lowest BCUT2D eigenvalue weighted by molar-refractivity contribution is 0.0190. The second-order valence-electron chi connectivity index (χ2n) is 8.29. The van der Waals surface area contributed by atoms with Crippen LogP contribution in [0.4, 0.5) is 4.79 Å². The first-order chi connectivity index (χ1) is 14.2. The third-order valence-electron chi connectivity index (χ3n) is 4.23. The van der Waals surface area contributed by atoms with Crippen LogP contribution in [0, 0.1) is 0 Å². The monoisotopic (exact) mass is 417 g/mol. The van der Waals surface area contributed by atoms with E-state index >= 15 is 0 Å². The van der Waals surface area contributed by atoms with Crippen LogP contribution in [-0.4, -0.2) is 62.8 Å². The molecule has 0 atom stereocenters. The summed E-state index contributed by atoms with van der Waals surface area (Å²) in [4.78, 5) is 18.8. The molecule has 2 N–H and O–H groups in total. The summed E-state index contributed by atoms with van der Waals surface area (Å²) in [5.74, 6) is 1.48. The molecule has 0 saturated heterocycles. The van der Waals surface area contributed by atoms with Crippen molar-refractivity contribution in [3.05, 3.63) is 30.2 Å². The van der Waals surface area contributed by atoms with Gasteiger partial charge in [-0.3, -0.25) is 4.40 Å². The Labute approximate surface area is 178 Å². The minimum Gasteiger partial charge on any atom is -0.444 e. The van der Waals surface area contributed by atoms with E-state index < -0.39 is 5.60 Å². The Morgan fingerprint density at radius 1 is 1.27 bits per heavy atom. The van der Waals surface area contributed by atoms with Gasteiger partial charge in [-0.25, -0.2) is 9.79 Å². The Balaban J connectivity index is 1.89. The van der Waals surface area contributed by atoms with Crippen molar-refractivity contribution >= 4 is 17.7 Å². The highest BCUT2D eigenvalue weighted by Gasteiger charge is 2.23. The number of ether oxygens (including phenoxy) is 1. The third kappa shape index (κ3) is 7.20. The van der Waals surface area contributed by atoms with E-state index in [1.165, 1.54) is 0 Å². The van der Waals surface area contributed by atoms with E-state index in [1.807, 2.05) is 70.3 Å². The second kappa shape index (κ2) is 10.8. The highest BCUT2D eigenvalue weighted by Crippen LogP contribution is 2.12. The molecule has 1 amide bonds. The van der Waals surface area contributed by atoms with E-state index in [2.05, 4.69) is 25.8 Å². The SMILES string of the molecule is CCNC(=NCc1nnc2ccccn12)NCCCN(C(=O)OC(C)(C)C)C(C)C. The number of nitrogens with one attached hydrogen (secondary N) is 2. The lowest BCUT2D eigenvalue weighted by Gasteiger charge is -2.30. The topological polar surface area (TPSA) is 96.1 Å². The molecule has 2 heterocycles. The summed E-state index contributed by atoms with van der Waals surface area (Å²) in [5, 5.41) is 14.9. The van der Waals surface area contributed by atoms with Gasteiger partial charge in [0.15, 0.2) is 17.4 Å². The average molecular weight is 418 g/mol. The summed E-state index contributed by atoms with van der Waals surface area (Å²) in [6.07, 6.45) is 2.42. The van der Waals surface area contributed by atoms with Gasteiger partial charge in [-0.05, 0) is 60.1 Å². The van der Waals surface area contributed by atoms with Crippen molar-refractivity contribution in [2.24, 2.45) is 4.99 Å². The molecule has 166 valence electrons. The van der Waals surface area contributed by atoms with Crippen molar-refractivity contribution in [2.45, 2.75) is 66.2 Å². The van der Waals surface area contributed by atoms with Crippen LogP contribution in [0.25, 0.3) is 5.65 Å². The lowest BCUT2D eigenvalue weighted by Crippen LogP contribution is -2.43. The number of hydrogen-bond acceptors (Lipinski definition) is 5. The van der Waals surface area contributed by atoms with Gasteiger partial charge >= 0.3 is 6.09 Å². The van der Waals surface area contributed by atoms with Crippen LogP contribution in [0.1, 0.15) is 53.8 Å². The molecule has 0 saturated carbocycles. The predicted octanol–water partition coefficient (Wildman–Crippen LogP) is 2.82. The summed E-state index contributed by atoms with van der Waals surface area (Å²) in [5.41, 5.74) is 0.302. The average Bonchev–Trinajstić information content (AvgIpc) is 3.07. The molecule has 30 heavy (non-hydrogen) atoms. The molecular weight excluding hydrogens is 382 g/mol. The Kier molecular flexibility index (Phi) is 8.44. The Morgan fingerprint density at radius 3 is 2.70 bits per heavy atom. The number of carbonyl (C=O) groups is 1. The lowest BCUT2D eigenvalue weighted by atomic mass is 10.2. The first-order valence-corrected chi connectivity index (χ1v) is 10.5. The number of fused-ring (bicyclic) bond motifs is 1. The third-order valence-corrected chi connectivity index (χ3v) is 4.23. The van der Waals surface area contributed by atoms with E-state index in [9.17, 15) is 4.79 Å². The largest absolute Gasteiger partial charge is 0.444 e. The van der Waals surface area contributed by atoms with E-state index in [4.69, 9.17) is 4.74 Å². The fourth-order valence-corrected chi connectivity index (χ4v) is 2.83. The van der Waals surface area contributed by atoms with Crippen LogP contribution in [0.3, 0.4) is 0 Å². The zero-order valence-electron chi connectivity index (χ0n) is 19.0. The maximum Gasteiger partial charge on any atom is 0.410 e. The number of nitrogens with zero attached hydrogens (tertiary/aromatic N) is 5. The number of pyridine rings is 1. The van der Waals surface area contributed by atoms with Gasteiger partial charge in [0, 0.05) is 31.9 Å². The van der Waals surface area contributed by atoms with Gasteiger partial charge in [0.2, 0.25) is 0 Å². The highest BCUT2D eigenvalue weighted by atomic mass is 16.6. The van der Waals surface area contributed by atoms with Crippen LogP contribution >= 0.6 is 0 Å². The zero-order chi connectivity index (χ0) is 22.1. The Hall–Kier alpha value is -2.84. The number of guanidine groups is 1. The van der Waals surface area contributed by atoms with Gasteiger partial charge in [0.1, 0.15) is 12.1 Å². The standard InChI is InChI=1S/C21H35N7O2/c1-7-22-19(24-15-18-26-25-17-11-8-9-13-28(17)18)23-12-10-14-27(16(2)3)20(29)30-21(4,5)6/h8-9,11,13,16H,7,10,12,14-15H2,1-6H3,(H2,22,23,24). The van der Waals surface area contributed by atoms with Gasteiger partial charge in [0.05, 0.1) is 0 Å². The molecule has 9 nitrogen and oxygen atoms in total.